The van der Waals surface area contributed by atoms with E-state index in [1.807, 2.05) is 35.0 Å². The molecule has 2 aromatic rings. The highest BCUT2D eigenvalue weighted by atomic mass is 16.2. The van der Waals surface area contributed by atoms with E-state index in [4.69, 9.17) is 0 Å². The van der Waals surface area contributed by atoms with Crippen LogP contribution in [0.25, 0.3) is 5.69 Å². The van der Waals surface area contributed by atoms with Crippen molar-refractivity contribution in [2.75, 3.05) is 7.05 Å². The number of rotatable bonds is 0. The van der Waals surface area contributed by atoms with Gasteiger partial charge in [0.2, 0.25) is 5.82 Å². The van der Waals surface area contributed by atoms with E-state index in [0.29, 0.717) is 12.4 Å². The zero-order valence-corrected chi connectivity index (χ0v) is 8.92. The lowest BCUT2D eigenvalue weighted by Crippen LogP contribution is -2.26. The van der Waals surface area contributed by atoms with Crippen molar-refractivity contribution < 1.29 is 4.79 Å². The number of carbonyl (C=O) groups is 1. The van der Waals surface area contributed by atoms with Gasteiger partial charge in [-0.2, -0.15) is 0 Å². The second kappa shape index (κ2) is 3.20. The largest absolute Gasteiger partial charge is 0.335 e. The van der Waals surface area contributed by atoms with Crippen LogP contribution in [-0.4, -0.2) is 27.4 Å². The van der Waals surface area contributed by atoms with E-state index in [1.165, 1.54) is 0 Å². The molecule has 0 unspecified atom stereocenters. The molecule has 1 aliphatic heterocycles. The number of carbonyl (C=O) groups excluding carboxylic acids is 1. The molecule has 1 aromatic carbocycles. The first-order valence-electron chi connectivity index (χ1n) is 5.14. The van der Waals surface area contributed by atoms with Crippen molar-refractivity contribution in [3.8, 4) is 5.69 Å². The molecule has 80 valence electrons. The van der Waals surface area contributed by atoms with Gasteiger partial charge >= 0.3 is 0 Å². The summed E-state index contributed by atoms with van der Waals surface area (Å²) < 4.78 is 1.85. The lowest BCUT2D eigenvalue weighted by Gasteiger charge is -2.13. The number of fused-ring (bicyclic) bond motifs is 3. The van der Waals surface area contributed by atoms with Crippen LogP contribution in [0.15, 0.2) is 36.7 Å². The van der Waals surface area contributed by atoms with E-state index in [-0.39, 0.29) is 5.91 Å². The second-order valence-electron chi connectivity index (χ2n) is 3.91. The number of nitrogens with zero attached hydrogens (tertiary/aromatic N) is 3. The molecule has 4 heteroatoms. The molecule has 16 heavy (non-hydrogen) atoms. The SMILES string of the molecule is CN1Cc2ccccc2-n2ccnc2C1=O. The topological polar surface area (TPSA) is 38.1 Å². The molecule has 0 saturated carbocycles. The number of hydrogen-bond acceptors (Lipinski definition) is 2. The van der Waals surface area contributed by atoms with Crippen molar-refractivity contribution in [1.29, 1.82) is 0 Å². The predicted octanol–water partition coefficient (Wildman–Crippen LogP) is 1.46. The highest BCUT2D eigenvalue weighted by Crippen LogP contribution is 2.22. The van der Waals surface area contributed by atoms with Gasteiger partial charge < -0.3 is 4.90 Å². The third-order valence-corrected chi connectivity index (χ3v) is 2.84. The average Bonchev–Trinajstić information content (AvgIpc) is 2.74. The lowest BCUT2D eigenvalue weighted by atomic mass is 10.1. The number of aromatic nitrogens is 2. The van der Waals surface area contributed by atoms with Gasteiger partial charge in [-0.05, 0) is 11.6 Å². The van der Waals surface area contributed by atoms with Crippen LogP contribution < -0.4 is 0 Å². The van der Waals surface area contributed by atoms with Gasteiger partial charge in [0.1, 0.15) is 0 Å². The number of benzene rings is 1. The molecule has 2 heterocycles. The Labute approximate surface area is 93.1 Å². The molecule has 1 amide bonds. The Bertz CT molecular complexity index is 559. The van der Waals surface area contributed by atoms with Crippen molar-refractivity contribution in [3.05, 3.63) is 48.0 Å². The Morgan fingerprint density at radius 3 is 3.00 bits per heavy atom. The molecular weight excluding hydrogens is 202 g/mol. The van der Waals surface area contributed by atoms with Crippen LogP contribution in [0.5, 0.6) is 0 Å². The van der Waals surface area contributed by atoms with Crippen LogP contribution in [-0.2, 0) is 6.54 Å². The van der Waals surface area contributed by atoms with Crippen molar-refractivity contribution in [3.63, 3.8) is 0 Å². The number of para-hydroxylation sites is 1. The van der Waals surface area contributed by atoms with Gasteiger partial charge in [0.25, 0.3) is 5.91 Å². The monoisotopic (exact) mass is 213 g/mol. The van der Waals surface area contributed by atoms with Crippen molar-refractivity contribution in [1.82, 2.24) is 14.5 Å². The molecule has 1 aliphatic rings. The van der Waals surface area contributed by atoms with Gasteiger partial charge in [-0.3, -0.25) is 9.36 Å². The first-order chi connectivity index (χ1) is 7.77. The molecule has 0 spiro atoms. The van der Waals surface area contributed by atoms with E-state index in [0.717, 1.165) is 11.3 Å². The van der Waals surface area contributed by atoms with Crippen molar-refractivity contribution in [2.24, 2.45) is 0 Å². The molecule has 1 aromatic heterocycles. The first kappa shape index (κ1) is 9.15. The molecule has 4 nitrogen and oxygen atoms in total. The molecule has 3 rings (SSSR count). The normalized spacial score (nSPS) is 14.3. The van der Waals surface area contributed by atoms with E-state index in [2.05, 4.69) is 4.98 Å². The third kappa shape index (κ3) is 1.16. The minimum absolute atomic E-state index is 0.0406. The van der Waals surface area contributed by atoms with E-state index in [1.54, 1.807) is 18.1 Å². The lowest BCUT2D eigenvalue weighted by molar-refractivity contribution is 0.0776. The van der Waals surface area contributed by atoms with E-state index < -0.39 is 0 Å². The number of amides is 1. The van der Waals surface area contributed by atoms with Crippen LogP contribution in [0.4, 0.5) is 0 Å². The molecule has 0 N–H and O–H groups in total. The Morgan fingerprint density at radius 2 is 2.12 bits per heavy atom. The number of hydrogen-bond donors (Lipinski definition) is 0. The Balaban J connectivity index is 2.31. The molecule has 0 aliphatic carbocycles. The van der Waals surface area contributed by atoms with Gasteiger partial charge in [-0.15, -0.1) is 0 Å². The average molecular weight is 213 g/mol. The molecule has 0 fully saturated rings. The fraction of sp³-hybridized carbons (Fsp3) is 0.167. The van der Waals surface area contributed by atoms with Gasteiger partial charge in [-0.25, -0.2) is 4.98 Å². The second-order valence-corrected chi connectivity index (χ2v) is 3.91. The Hall–Kier alpha value is -2.10. The Morgan fingerprint density at radius 1 is 1.31 bits per heavy atom. The summed E-state index contributed by atoms with van der Waals surface area (Å²) in [4.78, 5) is 17.8. The molecule has 0 bridgehead atoms. The maximum absolute atomic E-state index is 12.0. The summed E-state index contributed by atoms with van der Waals surface area (Å²) in [7, 11) is 1.80. The van der Waals surface area contributed by atoms with Crippen LogP contribution in [0.1, 0.15) is 16.2 Å². The third-order valence-electron chi connectivity index (χ3n) is 2.84. The van der Waals surface area contributed by atoms with Gasteiger partial charge in [0.05, 0.1) is 5.69 Å². The van der Waals surface area contributed by atoms with Gasteiger partial charge in [0, 0.05) is 26.0 Å². The summed E-state index contributed by atoms with van der Waals surface area (Å²) in [5, 5.41) is 0. The summed E-state index contributed by atoms with van der Waals surface area (Å²) >= 11 is 0. The Kier molecular flexibility index (Phi) is 1.83. The first-order valence-corrected chi connectivity index (χ1v) is 5.14. The van der Waals surface area contributed by atoms with E-state index in [9.17, 15) is 4.79 Å². The van der Waals surface area contributed by atoms with Crippen molar-refractivity contribution in [2.45, 2.75) is 6.54 Å². The summed E-state index contributed by atoms with van der Waals surface area (Å²) in [5.41, 5.74) is 2.17. The van der Waals surface area contributed by atoms with Crippen LogP contribution in [0.3, 0.4) is 0 Å². The standard InChI is InChI=1S/C12H11N3O/c1-14-8-9-4-2-3-5-10(9)15-7-6-13-11(15)12(14)16/h2-7H,8H2,1H3. The van der Waals surface area contributed by atoms with E-state index >= 15 is 0 Å². The van der Waals surface area contributed by atoms with Crippen molar-refractivity contribution >= 4 is 5.91 Å². The molecular formula is C12H11N3O. The number of imidazole rings is 1. The van der Waals surface area contributed by atoms with Gasteiger partial charge in [0.15, 0.2) is 0 Å². The summed E-state index contributed by atoms with van der Waals surface area (Å²) in [6.45, 7) is 0.623. The minimum atomic E-state index is -0.0406. The van der Waals surface area contributed by atoms with Crippen LogP contribution in [0, 0.1) is 0 Å². The highest BCUT2D eigenvalue weighted by molar-refractivity contribution is 5.92. The zero-order valence-electron chi connectivity index (χ0n) is 8.92. The highest BCUT2D eigenvalue weighted by Gasteiger charge is 2.23. The summed E-state index contributed by atoms with van der Waals surface area (Å²) in [6, 6.07) is 8.00. The molecule has 0 radical (unpaired) electrons. The predicted molar refractivity (Wildman–Crippen MR) is 59.4 cm³/mol. The van der Waals surface area contributed by atoms with Crippen LogP contribution >= 0.6 is 0 Å². The zero-order chi connectivity index (χ0) is 11.1. The van der Waals surface area contributed by atoms with Gasteiger partial charge in [-0.1, -0.05) is 18.2 Å². The molecule has 0 saturated heterocycles. The fourth-order valence-corrected chi connectivity index (χ4v) is 2.03. The molecule has 0 atom stereocenters. The summed E-state index contributed by atoms with van der Waals surface area (Å²) in [5.74, 6) is 0.439. The smallest absolute Gasteiger partial charge is 0.290 e. The minimum Gasteiger partial charge on any atom is -0.335 e. The quantitative estimate of drug-likeness (QED) is 0.664. The fourth-order valence-electron chi connectivity index (χ4n) is 2.03. The van der Waals surface area contributed by atoms with Crippen LogP contribution in [0.2, 0.25) is 0 Å². The maximum Gasteiger partial charge on any atom is 0.290 e. The maximum atomic E-state index is 12.0. The summed E-state index contributed by atoms with van der Waals surface area (Å²) in [6.07, 6.45) is 3.48.